The van der Waals surface area contributed by atoms with E-state index in [1.54, 1.807) is 30.5 Å². The highest BCUT2D eigenvalue weighted by atomic mass is 35.5. The number of rotatable bonds is 4. The number of H-pyrrole nitrogens is 1. The highest BCUT2D eigenvalue weighted by molar-refractivity contribution is 7.91. The Hall–Kier alpha value is -2.63. The van der Waals surface area contributed by atoms with Gasteiger partial charge in [-0.1, -0.05) is 35.9 Å². The molecule has 1 N–H and O–H groups in total. The molecule has 0 radical (unpaired) electrons. The zero-order valence-electron chi connectivity index (χ0n) is 15.5. The van der Waals surface area contributed by atoms with Crippen LogP contribution in [0.25, 0.3) is 10.9 Å². The molecule has 4 nitrogen and oxygen atoms in total. The molecule has 2 aromatic carbocycles. The Kier molecular flexibility index (Phi) is 4.45. The summed E-state index contributed by atoms with van der Waals surface area (Å²) in [7, 11) is -3.60. The first kappa shape index (κ1) is 18.4. The van der Waals surface area contributed by atoms with E-state index in [9.17, 15) is 8.42 Å². The van der Waals surface area contributed by atoms with Gasteiger partial charge in [0.05, 0.1) is 10.6 Å². The fourth-order valence-corrected chi connectivity index (χ4v) is 6.61. The van der Waals surface area contributed by atoms with E-state index in [0.717, 1.165) is 22.2 Å². The second-order valence-corrected chi connectivity index (χ2v) is 9.98. The van der Waals surface area contributed by atoms with E-state index in [2.05, 4.69) is 9.97 Å². The fraction of sp³-hybridized carbons (Fsp3) is 0.174. The quantitative estimate of drug-likeness (QED) is 0.495. The third-order valence-corrected chi connectivity index (χ3v) is 8.16. The molecular formula is C23H19ClN2O2S. The van der Waals surface area contributed by atoms with Crippen LogP contribution in [0.15, 0.2) is 77.8 Å². The minimum Gasteiger partial charge on any atom is -0.358 e. The summed E-state index contributed by atoms with van der Waals surface area (Å²) in [4.78, 5) is 8.22. The van der Waals surface area contributed by atoms with Crippen molar-refractivity contribution in [2.45, 2.75) is 23.0 Å². The van der Waals surface area contributed by atoms with E-state index >= 15 is 0 Å². The van der Waals surface area contributed by atoms with Crippen molar-refractivity contribution in [3.63, 3.8) is 0 Å². The first-order chi connectivity index (χ1) is 14.0. The maximum absolute atomic E-state index is 13.6. The van der Waals surface area contributed by atoms with Crippen molar-refractivity contribution in [3.05, 3.63) is 94.9 Å². The van der Waals surface area contributed by atoms with Crippen molar-refractivity contribution in [1.29, 1.82) is 0 Å². The van der Waals surface area contributed by atoms with E-state index in [1.165, 1.54) is 0 Å². The van der Waals surface area contributed by atoms with E-state index < -0.39 is 15.1 Å². The molecule has 0 amide bonds. The van der Waals surface area contributed by atoms with Crippen molar-refractivity contribution in [2.24, 2.45) is 5.92 Å². The number of sulfone groups is 1. The number of hydrogen-bond acceptors (Lipinski definition) is 3. The van der Waals surface area contributed by atoms with Gasteiger partial charge in [-0.15, -0.1) is 0 Å². The van der Waals surface area contributed by atoms with Crippen LogP contribution in [0.3, 0.4) is 0 Å². The van der Waals surface area contributed by atoms with Gasteiger partial charge in [0.25, 0.3) is 0 Å². The molecule has 1 aliphatic rings. The van der Waals surface area contributed by atoms with E-state index in [0.29, 0.717) is 28.5 Å². The molecule has 0 saturated carbocycles. The molecule has 0 aliphatic heterocycles. The second kappa shape index (κ2) is 7.01. The minimum absolute atomic E-state index is 0.0975. The number of hydrogen-bond donors (Lipinski definition) is 1. The van der Waals surface area contributed by atoms with Crippen LogP contribution < -0.4 is 0 Å². The first-order valence-electron chi connectivity index (χ1n) is 9.53. The van der Waals surface area contributed by atoms with Gasteiger partial charge < -0.3 is 4.98 Å². The Bertz CT molecular complexity index is 1280. The summed E-state index contributed by atoms with van der Waals surface area (Å²) in [6.45, 7) is 0. The maximum Gasteiger partial charge on any atom is 0.187 e. The van der Waals surface area contributed by atoms with Crippen LogP contribution in [0.4, 0.5) is 0 Å². The normalized spacial score (nSPS) is 17.3. The Morgan fingerprint density at radius 3 is 2.55 bits per heavy atom. The highest BCUT2D eigenvalue weighted by Gasteiger charge is 2.41. The fourth-order valence-electron chi connectivity index (χ4n) is 4.45. The van der Waals surface area contributed by atoms with Crippen LogP contribution in [0.1, 0.15) is 22.2 Å². The summed E-state index contributed by atoms with van der Waals surface area (Å²) < 4.78 is 27.3. The highest BCUT2D eigenvalue weighted by Crippen LogP contribution is 2.44. The molecule has 6 heteroatoms. The molecule has 2 heterocycles. The number of aromatic nitrogens is 2. The number of benzene rings is 2. The molecule has 0 fully saturated rings. The van der Waals surface area contributed by atoms with E-state index in [-0.39, 0.29) is 5.92 Å². The lowest BCUT2D eigenvalue weighted by molar-refractivity contribution is 0.493. The number of aromatic amines is 1. The monoisotopic (exact) mass is 422 g/mol. The van der Waals surface area contributed by atoms with Crippen molar-refractivity contribution in [3.8, 4) is 0 Å². The van der Waals surface area contributed by atoms with Gasteiger partial charge in [-0.05, 0) is 66.8 Å². The summed E-state index contributed by atoms with van der Waals surface area (Å²) >= 11 is 6.20. The van der Waals surface area contributed by atoms with Crippen molar-refractivity contribution in [1.82, 2.24) is 9.97 Å². The average molecular weight is 423 g/mol. The number of halogens is 1. The summed E-state index contributed by atoms with van der Waals surface area (Å²) in [6.07, 6.45) is 2.99. The topological polar surface area (TPSA) is 62.8 Å². The third kappa shape index (κ3) is 3.15. The molecule has 0 saturated heterocycles. The molecule has 1 aliphatic carbocycles. The molecule has 0 spiro atoms. The molecule has 0 bridgehead atoms. The van der Waals surface area contributed by atoms with Crippen LogP contribution in [-0.4, -0.2) is 18.4 Å². The lowest BCUT2D eigenvalue weighted by atomic mass is 9.98. The summed E-state index contributed by atoms with van der Waals surface area (Å²) in [5.41, 5.74) is 3.89. The van der Waals surface area contributed by atoms with Gasteiger partial charge in [0, 0.05) is 27.8 Å². The molecule has 5 rings (SSSR count). The van der Waals surface area contributed by atoms with Gasteiger partial charge in [0.2, 0.25) is 0 Å². The van der Waals surface area contributed by atoms with Crippen LogP contribution in [-0.2, 0) is 22.7 Å². The van der Waals surface area contributed by atoms with Gasteiger partial charge >= 0.3 is 0 Å². The van der Waals surface area contributed by atoms with Gasteiger partial charge in [-0.3, -0.25) is 4.98 Å². The largest absolute Gasteiger partial charge is 0.358 e. The SMILES string of the molecule is O=S(=O)(c1ccccc1)C(c1ccccn1)C1Cc2[nH]c3ccc(Cl)cc3c2C1. The maximum atomic E-state index is 13.6. The lowest BCUT2D eigenvalue weighted by Gasteiger charge is -2.23. The number of pyridine rings is 1. The van der Waals surface area contributed by atoms with E-state index in [1.807, 2.05) is 42.5 Å². The minimum atomic E-state index is -3.60. The second-order valence-electron chi connectivity index (χ2n) is 7.47. The van der Waals surface area contributed by atoms with Crippen LogP contribution in [0, 0.1) is 5.92 Å². The van der Waals surface area contributed by atoms with Crippen molar-refractivity contribution in [2.75, 3.05) is 0 Å². The van der Waals surface area contributed by atoms with Gasteiger partial charge in [0.1, 0.15) is 5.25 Å². The first-order valence-corrected chi connectivity index (χ1v) is 11.5. The van der Waals surface area contributed by atoms with Crippen LogP contribution >= 0.6 is 11.6 Å². The zero-order valence-corrected chi connectivity index (χ0v) is 17.1. The Morgan fingerprint density at radius 1 is 1.00 bits per heavy atom. The average Bonchev–Trinajstić information content (AvgIpc) is 3.27. The molecule has 4 aromatic rings. The van der Waals surface area contributed by atoms with Crippen LogP contribution in [0.2, 0.25) is 5.02 Å². The van der Waals surface area contributed by atoms with Crippen molar-refractivity contribution >= 4 is 32.3 Å². The number of nitrogens with zero attached hydrogens (tertiary/aromatic N) is 1. The predicted octanol–water partition coefficient (Wildman–Crippen LogP) is 5.15. The van der Waals surface area contributed by atoms with Gasteiger partial charge in [0.15, 0.2) is 9.84 Å². The summed E-state index contributed by atoms with van der Waals surface area (Å²) in [5.74, 6) is -0.0975. The molecule has 2 atom stereocenters. The van der Waals surface area contributed by atoms with Gasteiger partial charge in [-0.2, -0.15) is 0 Å². The standard InChI is InChI=1S/C23H19ClN2O2S/c24-16-9-10-20-19(14-16)18-12-15(13-22(18)26-20)23(21-8-4-5-11-25-21)29(27,28)17-6-2-1-3-7-17/h1-11,14-15,23,26H,12-13H2. The molecule has 2 unspecified atom stereocenters. The Balaban J connectivity index is 1.60. The number of fused-ring (bicyclic) bond motifs is 3. The molecule has 146 valence electrons. The molecule has 2 aromatic heterocycles. The Morgan fingerprint density at radius 2 is 1.79 bits per heavy atom. The van der Waals surface area contributed by atoms with Gasteiger partial charge in [-0.25, -0.2) is 8.42 Å². The van der Waals surface area contributed by atoms with E-state index in [4.69, 9.17) is 11.6 Å². The zero-order chi connectivity index (χ0) is 20.0. The van der Waals surface area contributed by atoms with Crippen LogP contribution in [0.5, 0.6) is 0 Å². The Labute approximate surface area is 174 Å². The third-order valence-electron chi connectivity index (χ3n) is 5.70. The lowest BCUT2D eigenvalue weighted by Crippen LogP contribution is -2.24. The van der Waals surface area contributed by atoms with Crippen molar-refractivity contribution < 1.29 is 8.42 Å². The predicted molar refractivity (Wildman–Crippen MR) is 115 cm³/mol. The summed E-state index contributed by atoms with van der Waals surface area (Å²) in [6, 6.07) is 19.9. The molecule has 29 heavy (non-hydrogen) atoms. The smallest absolute Gasteiger partial charge is 0.187 e. The number of nitrogens with one attached hydrogen (secondary N) is 1. The molecular weight excluding hydrogens is 404 g/mol. The summed E-state index contributed by atoms with van der Waals surface area (Å²) in [5, 5.41) is 1.05.